The molecule has 110 valence electrons. The van der Waals surface area contributed by atoms with Crippen molar-refractivity contribution in [2.24, 2.45) is 0 Å². The van der Waals surface area contributed by atoms with Crippen molar-refractivity contribution < 1.29 is 4.79 Å². The minimum absolute atomic E-state index is 0.285. The van der Waals surface area contributed by atoms with E-state index in [1.54, 1.807) is 18.2 Å². The number of nitrogens with one attached hydrogen (secondary N) is 2. The van der Waals surface area contributed by atoms with Gasteiger partial charge in [0, 0.05) is 17.3 Å². The van der Waals surface area contributed by atoms with E-state index in [0.717, 1.165) is 18.7 Å². The van der Waals surface area contributed by atoms with Crippen LogP contribution in [0.4, 0.5) is 11.5 Å². The average Bonchev–Trinajstić information content (AvgIpc) is 2.48. The Morgan fingerprint density at radius 3 is 2.81 bits per heavy atom. The molecule has 1 aromatic carbocycles. The predicted molar refractivity (Wildman–Crippen MR) is 87.9 cm³/mol. The number of carbonyl (C=O) groups is 1. The van der Waals surface area contributed by atoms with E-state index >= 15 is 0 Å². The highest BCUT2D eigenvalue weighted by atomic mass is 79.9. The number of amides is 1. The summed E-state index contributed by atoms with van der Waals surface area (Å²) in [5.74, 6) is 0.0948. The molecule has 0 radical (unpaired) electrons. The normalized spacial score (nSPS) is 10.2. The van der Waals surface area contributed by atoms with E-state index in [1.165, 1.54) is 12.4 Å². The monoisotopic (exact) mass is 368 g/mol. The summed E-state index contributed by atoms with van der Waals surface area (Å²) in [6, 6.07) is 5.16. The predicted octanol–water partition coefficient (Wildman–Crippen LogP) is 3.97. The lowest BCUT2D eigenvalue weighted by Crippen LogP contribution is -2.16. The molecule has 5 nitrogen and oxygen atoms in total. The number of halogens is 2. The molecule has 0 saturated heterocycles. The van der Waals surface area contributed by atoms with Gasteiger partial charge in [-0.25, -0.2) is 9.97 Å². The minimum Gasteiger partial charge on any atom is -0.384 e. The van der Waals surface area contributed by atoms with Crippen molar-refractivity contribution >= 4 is 44.9 Å². The lowest BCUT2D eigenvalue weighted by molar-refractivity contribution is 0.102. The van der Waals surface area contributed by atoms with Crippen LogP contribution in [-0.2, 0) is 0 Å². The fraction of sp³-hybridized carbons (Fsp3) is 0.214. The smallest absolute Gasteiger partial charge is 0.259 e. The minimum atomic E-state index is -0.285. The maximum Gasteiger partial charge on any atom is 0.259 e. The number of anilines is 2. The van der Waals surface area contributed by atoms with Crippen LogP contribution in [0.1, 0.15) is 23.7 Å². The third-order valence-electron chi connectivity index (χ3n) is 2.65. The third-order valence-corrected chi connectivity index (χ3v) is 3.30. The van der Waals surface area contributed by atoms with Crippen LogP contribution in [0.3, 0.4) is 0 Å². The molecule has 0 bridgehead atoms. The molecule has 0 saturated carbocycles. The summed E-state index contributed by atoms with van der Waals surface area (Å²) >= 11 is 9.17. The Kier molecular flexibility index (Phi) is 5.52. The number of hydrogen-bond acceptors (Lipinski definition) is 4. The molecule has 7 heteroatoms. The summed E-state index contributed by atoms with van der Waals surface area (Å²) < 4.78 is 0.605. The van der Waals surface area contributed by atoms with Gasteiger partial charge >= 0.3 is 0 Å². The van der Waals surface area contributed by atoms with Gasteiger partial charge in [-0.15, -0.1) is 0 Å². The molecule has 2 N–H and O–H groups in total. The summed E-state index contributed by atoms with van der Waals surface area (Å²) in [4.78, 5) is 20.4. The Hall–Kier alpha value is -1.66. The first kappa shape index (κ1) is 15.7. The van der Waals surface area contributed by atoms with Crippen LogP contribution >= 0.6 is 27.5 Å². The van der Waals surface area contributed by atoms with Gasteiger partial charge in [0.25, 0.3) is 5.91 Å². The number of benzene rings is 1. The SMILES string of the molecule is CCCNc1ccc(Cl)cc1C(=O)Nc1cnc(Br)cn1. The zero-order valence-corrected chi connectivity index (χ0v) is 13.7. The molecular formula is C14H14BrClN4O. The van der Waals surface area contributed by atoms with E-state index < -0.39 is 0 Å². The third kappa shape index (κ3) is 4.41. The topological polar surface area (TPSA) is 66.9 Å². The van der Waals surface area contributed by atoms with Gasteiger partial charge in [0.1, 0.15) is 4.60 Å². The Morgan fingerprint density at radius 2 is 2.14 bits per heavy atom. The van der Waals surface area contributed by atoms with Crippen molar-refractivity contribution in [1.82, 2.24) is 9.97 Å². The Balaban J connectivity index is 2.20. The second-order valence-electron chi connectivity index (χ2n) is 4.30. The van der Waals surface area contributed by atoms with Gasteiger partial charge < -0.3 is 10.6 Å². The van der Waals surface area contributed by atoms with Crippen molar-refractivity contribution in [1.29, 1.82) is 0 Å². The van der Waals surface area contributed by atoms with Gasteiger partial charge in [0.05, 0.1) is 18.0 Å². The number of nitrogens with zero attached hydrogens (tertiary/aromatic N) is 2. The first-order valence-corrected chi connectivity index (χ1v) is 7.59. The van der Waals surface area contributed by atoms with E-state index in [-0.39, 0.29) is 5.91 Å². The molecule has 0 spiro atoms. The number of aromatic nitrogens is 2. The van der Waals surface area contributed by atoms with Crippen LogP contribution in [0.5, 0.6) is 0 Å². The van der Waals surface area contributed by atoms with Crippen LogP contribution in [0.25, 0.3) is 0 Å². The Bertz CT molecular complexity index is 633. The second-order valence-corrected chi connectivity index (χ2v) is 5.54. The van der Waals surface area contributed by atoms with Gasteiger partial charge in [-0.2, -0.15) is 0 Å². The molecule has 2 aromatic rings. The van der Waals surface area contributed by atoms with Crippen LogP contribution in [0.15, 0.2) is 35.2 Å². The molecule has 0 aliphatic heterocycles. The quantitative estimate of drug-likeness (QED) is 0.837. The fourth-order valence-electron chi connectivity index (χ4n) is 1.68. The van der Waals surface area contributed by atoms with E-state index in [2.05, 4.69) is 43.5 Å². The lowest BCUT2D eigenvalue weighted by atomic mass is 10.1. The molecule has 2 rings (SSSR count). The van der Waals surface area contributed by atoms with Crippen molar-refractivity contribution in [3.05, 3.63) is 45.8 Å². The van der Waals surface area contributed by atoms with Gasteiger partial charge in [-0.05, 0) is 40.5 Å². The summed E-state index contributed by atoms with van der Waals surface area (Å²) in [5, 5.41) is 6.40. The summed E-state index contributed by atoms with van der Waals surface area (Å²) in [7, 11) is 0. The van der Waals surface area contributed by atoms with Crippen LogP contribution < -0.4 is 10.6 Å². The first-order valence-electron chi connectivity index (χ1n) is 6.42. The highest BCUT2D eigenvalue weighted by Crippen LogP contribution is 2.22. The zero-order chi connectivity index (χ0) is 15.2. The molecule has 0 aliphatic rings. The Labute approximate surface area is 136 Å². The van der Waals surface area contributed by atoms with E-state index in [1.807, 2.05) is 0 Å². The van der Waals surface area contributed by atoms with Crippen molar-refractivity contribution in [2.45, 2.75) is 13.3 Å². The lowest BCUT2D eigenvalue weighted by Gasteiger charge is -2.12. The Morgan fingerprint density at radius 1 is 1.33 bits per heavy atom. The molecular weight excluding hydrogens is 356 g/mol. The van der Waals surface area contributed by atoms with Crippen molar-refractivity contribution in [2.75, 3.05) is 17.2 Å². The fourth-order valence-corrected chi connectivity index (χ4v) is 2.06. The zero-order valence-electron chi connectivity index (χ0n) is 11.4. The largest absolute Gasteiger partial charge is 0.384 e. The highest BCUT2D eigenvalue weighted by molar-refractivity contribution is 9.10. The van der Waals surface area contributed by atoms with Gasteiger partial charge in [0.15, 0.2) is 5.82 Å². The van der Waals surface area contributed by atoms with Gasteiger partial charge in [-0.1, -0.05) is 18.5 Å². The molecule has 21 heavy (non-hydrogen) atoms. The van der Waals surface area contributed by atoms with E-state index in [4.69, 9.17) is 11.6 Å². The standard InChI is InChI=1S/C14H14BrClN4O/c1-2-5-17-11-4-3-9(16)6-10(11)14(21)20-13-8-18-12(15)7-19-13/h3-4,6-8,17H,2,5H2,1H3,(H,19,20,21). The molecule has 1 aromatic heterocycles. The molecule has 0 atom stereocenters. The summed E-state index contributed by atoms with van der Waals surface area (Å²) in [6.07, 6.45) is 3.96. The highest BCUT2D eigenvalue weighted by Gasteiger charge is 2.13. The van der Waals surface area contributed by atoms with Crippen LogP contribution in [-0.4, -0.2) is 22.4 Å². The van der Waals surface area contributed by atoms with Crippen molar-refractivity contribution in [3.63, 3.8) is 0 Å². The van der Waals surface area contributed by atoms with Gasteiger partial charge in [-0.3, -0.25) is 4.79 Å². The van der Waals surface area contributed by atoms with Gasteiger partial charge in [0.2, 0.25) is 0 Å². The average molecular weight is 370 g/mol. The molecule has 0 aliphatic carbocycles. The summed E-state index contributed by atoms with van der Waals surface area (Å²) in [6.45, 7) is 2.83. The number of carbonyl (C=O) groups excluding carboxylic acids is 1. The maximum absolute atomic E-state index is 12.3. The number of rotatable bonds is 5. The molecule has 1 amide bonds. The maximum atomic E-state index is 12.3. The second kappa shape index (κ2) is 7.38. The molecule has 0 fully saturated rings. The first-order chi connectivity index (χ1) is 10.1. The summed E-state index contributed by atoms with van der Waals surface area (Å²) in [5.41, 5.74) is 1.21. The van der Waals surface area contributed by atoms with E-state index in [0.29, 0.717) is 21.0 Å². The van der Waals surface area contributed by atoms with E-state index in [9.17, 15) is 4.79 Å². The van der Waals surface area contributed by atoms with Crippen LogP contribution in [0.2, 0.25) is 5.02 Å². The number of hydrogen-bond donors (Lipinski definition) is 2. The molecule has 1 heterocycles. The van der Waals surface area contributed by atoms with Crippen LogP contribution in [0, 0.1) is 0 Å². The van der Waals surface area contributed by atoms with Crippen molar-refractivity contribution in [3.8, 4) is 0 Å². The molecule has 0 unspecified atom stereocenters.